The first kappa shape index (κ1) is 37.8. The fourth-order valence-electron chi connectivity index (χ4n) is 5.88. The van der Waals surface area contributed by atoms with Crippen molar-refractivity contribution < 1.29 is 47.7 Å². The number of amides is 1. The smallest absolute Gasteiger partial charge is 0.338 e. The number of nitrogens with one attached hydrogen (secondary N) is 1. The van der Waals surface area contributed by atoms with E-state index in [2.05, 4.69) is 5.32 Å². The van der Waals surface area contributed by atoms with Gasteiger partial charge in [-0.2, -0.15) is 0 Å². The SMILES string of the molecule is CCOC(=O)C1=C(N)n2c(s/c(=C\c3cc(OC)c(OC)c(OC)c3)c2=O)=C(C(=O)Nc2ccc([N+](=O)[O-])cc2)C1c1cc(OC)c(OC)c(OC)c1. The summed E-state index contributed by atoms with van der Waals surface area (Å²) in [5, 5.41) is 14.1. The zero-order valence-electron chi connectivity index (χ0n) is 29.8. The van der Waals surface area contributed by atoms with E-state index in [-0.39, 0.29) is 61.4 Å². The second-order valence-corrected chi connectivity index (χ2v) is 12.1. The quantitative estimate of drug-likeness (QED) is 0.115. The summed E-state index contributed by atoms with van der Waals surface area (Å²) >= 11 is 0.945. The minimum absolute atomic E-state index is 0.0481. The number of esters is 1. The molecule has 1 aromatic heterocycles. The van der Waals surface area contributed by atoms with Gasteiger partial charge in [0.25, 0.3) is 17.2 Å². The highest BCUT2D eigenvalue weighted by atomic mass is 32.1. The van der Waals surface area contributed by atoms with Gasteiger partial charge in [-0.3, -0.25) is 24.3 Å². The van der Waals surface area contributed by atoms with E-state index >= 15 is 0 Å². The Bertz CT molecular complexity index is 2260. The molecule has 17 heteroatoms. The van der Waals surface area contributed by atoms with Gasteiger partial charge in [0.05, 0.1) is 75.8 Å². The maximum absolute atomic E-state index is 14.6. The number of thiazole rings is 1. The minimum atomic E-state index is -1.26. The Balaban J connectivity index is 1.88. The van der Waals surface area contributed by atoms with Crippen LogP contribution in [0.4, 0.5) is 11.4 Å². The highest BCUT2D eigenvalue weighted by Crippen LogP contribution is 2.45. The van der Waals surface area contributed by atoms with Gasteiger partial charge in [-0.25, -0.2) is 4.79 Å². The number of carbonyl (C=O) groups excluding carboxylic acids is 2. The predicted octanol–water partition coefficient (Wildman–Crippen LogP) is 2.98. The van der Waals surface area contributed by atoms with Crippen molar-refractivity contribution in [3.8, 4) is 34.5 Å². The number of methoxy groups -OCH3 is 6. The molecule has 0 fully saturated rings. The van der Waals surface area contributed by atoms with Crippen LogP contribution in [-0.2, 0) is 14.3 Å². The Morgan fingerprint density at radius 1 is 0.868 bits per heavy atom. The molecule has 3 N–H and O–H groups in total. The molecule has 16 nitrogen and oxygen atoms in total. The molecular formula is C36H36N4O12S. The lowest BCUT2D eigenvalue weighted by molar-refractivity contribution is -0.384. The first-order valence-electron chi connectivity index (χ1n) is 15.8. The lowest BCUT2D eigenvalue weighted by atomic mass is 9.82. The summed E-state index contributed by atoms with van der Waals surface area (Å²) < 4.78 is 39.8. The Morgan fingerprint density at radius 2 is 1.40 bits per heavy atom. The molecule has 0 bridgehead atoms. The van der Waals surface area contributed by atoms with E-state index in [0.29, 0.717) is 28.4 Å². The lowest BCUT2D eigenvalue weighted by Crippen LogP contribution is -2.42. The molecule has 1 aliphatic rings. The third-order valence-electron chi connectivity index (χ3n) is 8.23. The largest absolute Gasteiger partial charge is 0.493 e. The number of aromatic nitrogens is 1. The van der Waals surface area contributed by atoms with Crippen LogP contribution in [0.5, 0.6) is 34.5 Å². The van der Waals surface area contributed by atoms with Gasteiger partial charge >= 0.3 is 5.97 Å². The van der Waals surface area contributed by atoms with Crippen LogP contribution in [-0.4, -0.2) is 70.6 Å². The van der Waals surface area contributed by atoms with E-state index in [4.69, 9.17) is 38.9 Å². The van der Waals surface area contributed by atoms with Crippen LogP contribution in [0.15, 0.2) is 58.9 Å². The number of fused-ring (bicyclic) bond motifs is 1. The Kier molecular flexibility index (Phi) is 11.3. The number of hydrogen-bond donors (Lipinski definition) is 2. The molecule has 4 aromatic rings. The highest BCUT2D eigenvalue weighted by Gasteiger charge is 2.40. The van der Waals surface area contributed by atoms with Crippen molar-refractivity contribution in [1.29, 1.82) is 0 Å². The van der Waals surface area contributed by atoms with Gasteiger partial charge in [0.15, 0.2) is 23.0 Å². The Morgan fingerprint density at radius 3 is 1.87 bits per heavy atom. The summed E-state index contributed by atoms with van der Waals surface area (Å²) in [4.78, 5) is 53.4. The number of nitrogens with zero attached hydrogens (tertiary/aromatic N) is 2. The third-order valence-corrected chi connectivity index (χ3v) is 9.34. The van der Waals surface area contributed by atoms with Gasteiger partial charge in [0, 0.05) is 17.8 Å². The van der Waals surface area contributed by atoms with Crippen molar-refractivity contribution in [2.45, 2.75) is 12.8 Å². The number of non-ortho nitro benzene ring substituents is 1. The summed E-state index contributed by atoms with van der Waals surface area (Å²) in [6.07, 6.45) is 1.56. The van der Waals surface area contributed by atoms with Gasteiger partial charge < -0.3 is 44.2 Å². The fraction of sp³-hybridized carbons (Fsp3) is 0.250. The monoisotopic (exact) mass is 748 g/mol. The maximum atomic E-state index is 14.6. The number of nitro benzene ring substituents is 1. The molecule has 3 aromatic carbocycles. The van der Waals surface area contributed by atoms with E-state index in [1.165, 1.54) is 66.9 Å². The standard InChI is InChI=1S/C36H36N4O12S/c1-8-52-36(43)28-27(19-16-24(48-4)31(51-7)25(17-19)49-5)29(33(41)38-20-9-11-21(12-10-20)40(44)45)35-39(32(28)37)34(42)26(53-35)15-18-13-22(46-2)30(50-6)23(14-18)47-3/h9-17,27H,8,37H2,1-7H3,(H,38,41)/b26-15-. The number of nitrogens with two attached hydrogens (primary N) is 1. The molecule has 1 atom stereocenters. The molecule has 278 valence electrons. The van der Waals surface area contributed by atoms with Gasteiger partial charge in [-0.15, -0.1) is 11.3 Å². The normalized spacial score (nSPS) is 13.9. The zero-order valence-corrected chi connectivity index (χ0v) is 30.6. The van der Waals surface area contributed by atoms with Crippen molar-refractivity contribution in [3.63, 3.8) is 0 Å². The van der Waals surface area contributed by atoms with E-state index in [1.54, 1.807) is 37.3 Å². The highest BCUT2D eigenvalue weighted by molar-refractivity contribution is 7.07. The second kappa shape index (κ2) is 15.8. The number of benzene rings is 3. The molecule has 0 radical (unpaired) electrons. The molecule has 0 saturated carbocycles. The summed E-state index contributed by atoms with van der Waals surface area (Å²) in [6, 6.07) is 11.6. The van der Waals surface area contributed by atoms with Crippen LogP contribution in [0, 0.1) is 10.1 Å². The van der Waals surface area contributed by atoms with Gasteiger partial charge in [0.2, 0.25) is 11.5 Å². The van der Waals surface area contributed by atoms with E-state index < -0.39 is 28.3 Å². The van der Waals surface area contributed by atoms with Gasteiger partial charge in [0.1, 0.15) is 10.5 Å². The van der Waals surface area contributed by atoms with Crippen LogP contribution in [0.25, 0.3) is 17.5 Å². The summed E-state index contributed by atoms with van der Waals surface area (Å²) in [6.45, 7) is 1.55. The van der Waals surface area contributed by atoms with Gasteiger partial charge in [-0.1, -0.05) is 0 Å². The zero-order chi connectivity index (χ0) is 38.6. The van der Waals surface area contributed by atoms with Crippen LogP contribution in [0.1, 0.15) is 24.0 Å². The molecule has 2 heterocycles. The summed E-state index contributed by atoms with van der Waals surface area (Å²) in [5.74, 6) is -1.48. The van der Waals surface area contributed by atoms with E-state index in [9.17, 15) is 24.5 Å². The van der Waals surface area contributed by atoms with Crippen molar-refractivity contribution >= 4 is 52.1 Å². The number of hydrogen-bond acceptors (Lipinski definition) is 14. The van der Waals surface area contributed by atoms with Crippen molar-refractivity contribution in [2.75, 3.05) is 54.6 Å². The first-order valence-corrected chi connectivity index (χ1v) is 16.6. The molecule has 1 amide bonds. The number of carbonyl (C=O) groups is 2. The number of anilines is 1. The predicted molar refractivity (Wildman–Crippen MR) is 196 cm³/mol. The number of ether oxygens (including phenoxy) is 7. The molecule has 0 spiro atoms. The van der Waals surface area contributed by atoms with Gasteiger partial charge in [-0.05, 0) is 60.5 Å². The van der Waals surface area contributed by atoms with Crippen LogP contribution >= 0.6 is 11.3 Å². The second-order valence-electron chi connectivity index (χ2n) is 11.1. The topological polar surface area (TPSA) is 202 Å². The third kappa shape index (κ3) is 7.05. The maximum Gasteiger partial charge on any atom is 0.338 e. The molecule has 0 saturated heterocycles. The first-order chi connectivity index (χ1) is 25.5. The Labute approximate surface area is 306 Å². The number of rotatable bonds is 13. The van der Waals surface area contributed by atoms with Crippen molar-refractivity contribution in [1.82, 2.24) is 4.57 Å². The van der Waals surface area contributed by atoms with Crippen LogP contribution in [0.2, 0.25) is 0 Å². The summed E-state index contributed by atoms with van der Waals surface area (Å²) in [5.41, 5.74) is 6.62. The summed E-state index contributed by atoms with van der Waals surface area (Å²) in [7, 11) is 8.61. The minimum Gasteiger partial charge on any atom is -0.493 e. The molecule has 0 aliphatic carbocycles. The average molecular weight is 749 g/mol. The molecule has 1 aliphatic heterocycles. The average Bonchev–Trinajstić information content (AvgIpc) is 3.48. The van der Waals surface area contributed by atoms with E-state index in [0.717, 1.165) is 15.9 Å². The Hall–Kier alpha value is -6.49. The van der Waals surface area contributed by atoms with Crippen LogP contribution in [0.3, 0.4) is 0 Å². The van der Waals surface area contributed by atoms with Crippen LogP contribution < -0.4 is 54.2 Å². The van der Waals surface area contributed by atoms with E-state index in [1.807, 2.05) is 0 Å². The molecule has 5 rings (SSSR count). The fourth-order valence-corrected chi connectivity index (χ4v) is 7.05. The molecular weight excluding hydrogens is 712 g/mol. The van der Waals surface area contributed by atoms with Crippen molar-refractivity contribution in [2.24, 2.45) is 5.73 Å². The molecule has 53 heavy (non-hydrogen) atoms. The lowest BCUT2D eigenvalue weighted by Gasteiger charge is -2.28. The number of nitro groups is 1. The van der Waals surface area contributed by atoms with Crippen molar-refractivity contribution in [3.05, 3.63) is 94.9 Å². The molecule has 1 unspecified atom stereocenters.